The van der Waals surface area contributed by atoms with Crippen LogP contribution in [0.15, 0.2) is 30.3 Å². The van der Waals surface area contributed by atoms with Gasteiger partial charge in [0.2, 0.25) is 0 Å². The van der Waals surface area contributed by atoms with Crippen LogP contribution in [0.1, 0.15) is 44.6 Å². The van der Waals surface area contributed by atoms with Gasteiger partial charge in [-0.15, -0.1) is 0 Å². The summed E-state index contributed by atoms with van der Waals surface area (Å²) in [4.78, 5) is 23.6. The lowest BCUT2D eigenvalue weighted by Crippen LogP contribution is -2.25. The van der Waals surface area contributed by atoms with Gasteiger partial charge in [-0.2, -0.15) is 0 Å². The van der Waals surface area contributed by atoms with Gasteiger partial charge in [0.15, 0.2) is 0 Å². The highest BCUT2D eigenvalue weighted by molar-refractivity contribution is 5.98. The molecule has 0 amide bonds. The number of carbonyl (C=O) groups is 2. The molecule has 0 aromatic heterocycles. The van der Waals surface area contributed by atoms with Gasteiger partial charge in [-0.3, -0.25) is 9.59 Å². The molecule has 0 heterocycles. The number of unbranched alkanes of at least 4 members (excludes halogenated alkanes) is 1. The molecule has 3 nitrogen and oxygen atoms in total. The molecule has 0 saturated heterocycles. The number of ketones is 1. The first-order chi connectivity index (χ1) is 9.69. The Kier molecular flexibility index (Phi) is 7.63. The number of carbonyl (C=O) groups excluding carboxylic acids is 2. The number of hydrogen-bond acceptors (Lipinski definition) is 3. The Morgan fingerprint density at radius 2 is 1.85 bits per heavy atom. The fourth-order valence-electron chi connectivity index (χ4n) is 2.29. The van der Waals surface area contributed by atoms with E-state index in [4.69, 9.17) is 4.74 Å². The van der Waals surface area contributed by atoms with Crippen LogP contribution in [0.25, 0.3) is 0 Å². The van der Waals surface area contributed by atoms with Gasteiger partial charge in [0.25, 0.3) is 0 Å². The molecule has 20 heavy (non-hydrogen) atoms. The molecule has 0 saturated carbocycles. The van der Waals surface area contributed by atoms with Crippen molar-refractivity contribution in [2.24, 2.45) is 5.92 Å². The van der Waals surface area contributed by atoms with Crippen LogP contribution in [-0.2, 0) is 20.7 Å². The molecule has 0 aliphatic carbocycles. The number of ether oxygens (including phenoxy) is 1. The first-order valence-corrected chi connectivity index (χ1v) is 7.33. The first-order valence-electron chi connectivity index (χ1n) is 7.33. The number of Topliss-reactive ketones (excluding diaryl/α,β-unsaturated/α-hetero) is 1. The van der Waals surface area contributed by atoms with Crippen LogP contribution in [0, 0.1) is 5.92 Å². The molecule has 1 aromatic carbocycles. The third kappa shape index (κ3) is 5.55. The SMILES string of the molecule is CCCC(C(=O)CCCCc1ccccc1)C(=O)OC. The second-order valence-corrected chi connectivity index (χ2v) is 5.02. The summed E-state index contributed by atoms with van der Waals surface area (Å²) < 4.78 is 4.70. The third-order valence-electron chi connectivity index (χ3n) is 3.43. The Labute approximate surface area is 121 Å². The van der Waals surface area contributed by atoms with E-state index in [-0.39, 0.29) is 11.8 Å². The maximum absolute atomic E-state index is 12.0. The summed E-state index contributed by atoms with van der Waals surface area (Å²) in [6, 6.07) is 10.2. The first kappa shape index (κ1) is 16.4. The molecule has 0 bridgehead atoms. The Balaban J connectivity index is 2.32. The zero-order chi connectivity index (χ0) is 14.8. The van der Waals surface area contributed by atoms with Gasteiger partial charge in [0.1, 0.15) is 11.7 Å². The maximum atomic E-state index is 12.0. The summed E-state index contributed by atoms with van der Waals surface area (Å²) in [5.41, 5.74) is 1.29. The highest BCUT2D eigenvalue weighted by atomic mass is 16.5. The number of rotatable bonds is 9. The molecule has 0 N–H and O–H groups in total. The molecule has 0 fully saturated rings. The largest absolute Gasteiger partial charge is 0.468 e. The van der Waals surface area contributed by atoms with E-state index >= 15 is 0 Å². The Hall–Kier alpha value is -1.64. The minimum atomic E-state index is -0.568. The van der Waals surface area contributed by atoms with E-state index in [2.05, 4.69) is 12.1 Å². The monoisotopic (exact) mass is 276 g/mol. The normalized spacial score (nSPS) is 11.9. The summed E-state index contributed by atoms with van der Waals surface area (Å²) in [6.07, 6.45) is 4.64. The van der Waals surface area contributed by atoms with Crippen molar-refractivity contribution in [3.8, 4) is 0 Å². The lowest BCUT2D eigenvalue weighted by atomic mass is 9.94. The molecule has 0 spiro atoms. The molecular formula is C17H24O3. The fraction of sp³-hybridized carbons (Fsp3) is 0.529. The van der Waals surface area contributed by atoms with E-state index in [1.807, 2.05) is 25.1 Å². The highest BCUT2D eigenvalue weighted by Gasteiger charge is 2.25. The number of methoxy groups -OCH3 is 1. The number of benzene rings is 1. The van der Waals surface area contributed by atoms with Crippen molar-refractivity contribution in [1.82, 2.24) is 0 Å². The van der Waals surface area contributed by atoms with Crippen molar-refractivity contribution in [1.29, 1.82) is 0 Å². The van der Waals surface area contributed by atoms with Crippen LogP contribution in [0.5, 0.6) is 0 Å². The van der Waals surface area contributed by atoms with E-state index in [0.717, 1.165) is 25.7 Å². The predicted octanol–water partition coefficient (Wildman–Crippen LogP) is 3.56. The predicted molar refractivity (Wildman–Crippen MR) is 79.4 cm³/mol. The number of esters is 1. The third-order valence-corrected chi connectivity index (χ3v) is 3.43. The summed E-state index contributed by atoms with van der Waals surface area (Å²) in [7, 11) is 1.34. The zero-order valence-electron chi connectivity index (χ0n) is 12.4. The minimum Gasteiger partial charge on any atom is -0.468 e. The van der Waals surface area contributed by atoms with Crippen LogP contribution in [0.3, 0.4) is 0 Å². The second-order valence-electron chi connectivity index (χ2n) is 5.02. The lowest BCUT2D eigenvalue weighted by molar-refractivity contribution is -0.149. The molecule has 1 unspecified atom stereocenters. The van der Waals surface area contributed by atoms with E-state index in [9.17, 15) is 9.59 Å². The van der Waals surface area contributed by atoms with Gasteiger partial charge >= 0.3 is 5.97 Å². The summed E-state index contributed by atoms with van der Waals surface area (Å²) in [5.74, 6) is -0.937. The van der Waals surface area contributed by atoms with E-state index in [1.165, 1.54) is 12.7 Å². The van der Waals surface area contributed by atoms with E-state index in [0.29, 0.717) is 12.8 Å². The maximum Gasteiger partial charge on any atom is 0.316 e. The van der Waals surface area contributed by atoms with Crippen molar-refractivity contribution in [2.75, 3.05) is 7.11 Å². The van der Waals surface area contributed by atoms with Crippen LogP contribution in [0.2, 0.25) is 0 Å². The molecule has 0 aliphatic rings. The van der Waals surface area contributed by atoms with Crippen molar-refractivity contribution in [3.05, 3.63) is 35.9 Å². The van der Waals surface area contributed by atoms with Crippen LogP contribution >= 0.6 is 0 Å². The van der Waals surface area contributed by atoms with Crippen molar-refractivity contribution < 1.29 is 14.3 Å². The Morgan fingerprint density at radius 3 is 2.45 bits per heavy atom. The second kappa shape index (κ2) is 9.29. The molecule has 1 atom stereocenters. The molecule has 1 aromatic rings. The summed E-state index contributed by atoms with van der Waals surface area (Å²) in [5, 5.41) is 0. The molecule has 110 valence electrons. The van der Waals surface area contributed by atoms with Crippen LogP contribution in [-0.4, -0.2) is 18.9 Å². The van der Waals surface area contributed by atoms with Gasteiger partial charge in [-0.1, -0.05) is 43.7 Å². The number of aryl methyl sites for hydroxylation is 1. The van der Waals surface area contributed by atoms with Gasteiger partial charge in [0, 0.05) is 6.42 Å². The minimum absolute atomic E-state index is 0.0201. The smallest absolute Gasteiger partial charge is 0.316 e. The van der Waals surface area contributed by atoms with Gasteiger partial charge in [-0.25, -0.2) is 0 Å². The lowest BCUT2D eigenvalue weighted by Gasteiger charge is -2.12. The van der Waals surface area contributed by atoms with Crippen LogP contribution < -0.4 is 0 Å². The van der Waals surface area contributed by atoms with E-state index < -0.39 is 5.92 Å². The summed E-state index contributed by atoms with van der Waals surface area (Å²) in [6.45, 7) is 1.97. The average Bonchev–Trinajstić information content (AvgIpc) is 2.49. The van der Waals surface area contributed by atoms with Gasteiger partial charge < -0.3 is 4.74 Å². The van der Waals surface area contributed by atoms with Crippen molar-refractivity contribution in [3.63, 3.8) is 0 Å². The van der Waals surface area contributed by atoms with Crippen molar-refractivity contribution >= 4 is 11.8 Å². The standard InChI is InChI=1S/C17H24O3/c1-3-9-15(17(19)20-2)16(18)13-8-7-12-14-10-5-4-6-11-14/h4-6,10-11,15H,3,7-9,12-13H2,1-2H3. The average molecular weight is 276 g/mol. The van der Waals surface area contributed by atoms with Crippen molar-refractivity contribution in [2.45, 2.75) is 45.4 Å². The molecule has 0 radical (unpaired) electrons. The molecule has 0 aliphatic heterocycles. The van der Waals surface area contributed by atoms with Gasteiger partial charge in [0.05, 0.1) is 7.11 Å². The quantitative estimate of drug-likeness (QED) is 0.393. The zero-order valence-corrected chi connectivity index (χ0v) is 12.4. The van der Waals surface area contributed by atoms with Crippen LogP contribution in [0.4, 0.5) is 0 Å². The fourth-order valence-corrected chi connectivity index (χ4v) is 2.29. The topological polar surface area (TPSA) is 43.4 Å². The Morgan fingerprint density at radius 1 is 1.15 bits per heavy atom. The molecule has 3 heteroatoms. The molecule has 1 rings (SSSR count). The van der Waals surface area contributed by atoms with E-state index in [1.54, 1.807) is 0 Å². The summed E-state index contributed by atoms with van der Waals surface area (Å²) >= 11 is 0. The number of hydrogen-bond donors (Lipinski definition) is 0. The van der Waals surface area contributed by atoms with Gasteiger partial charge in [-0.05, 0) is 31.2 Å². The molecular weight excluding hydrogens is 252 g/mol. The highest BCUT2D eigenvalue weighted by Crippen LogP contribution is 2.15. The Bertz CT molecular complexity index is 412.